The van der Waals surface area contributed by atoms with E-state index in [2.05, 4.69) is 51.9 Å². The highest BCUT2D eigenvalue weighted by molar-refractivity contribution is 5.93. The molecule has 1 saturated carbocycles. The van der Waals surface area contributed by atoms with Crippen LogP contribution in [0.2, 0.25) is 0 Å². The normalized spacial score (nSPS) is 18.5. The molecule has 4 aromatic rings. The zero-order chi connectivity index (χ0) is 23.7. The second-order valence-electron chi connectivity index (χ2n) is 9.40. The van der Waals surface area contributed by atoms with E-state index in [9.17, 15) is 0 Å². The van der Waals surface area contributed by atoms with Gasteiger partial charge in [-0.25, -0.2) is 4.98 Å². The summed E-state index contributed by atoms with van der Waals surface area (Å²) in [6.45, 7) is 7.23. The van der Waals surface area contributed by atoms with E-state index in [1.54, 1.807) is 0 Å². The average molecular weight is 460 g/mol. The molecule has 0 amide bonds. The van der Waals surface area contributed by atoms with Crippen molar-refractivity contribution in [2.45, 2.75) is 64.5 Å². The van der Waals surface area contributed by atoms with Crippen LogP contribution >= 0.6 is 0 Å². The summed E-state index contributed by atoms with van der Waals surface area (Å²) in [7, 11) is 1.93. The average Bonchev–Trinajstić information content (AvgIpc) is 3.43. The standard InChI is InChI=1S/C26H33N7O/c1-5-27-24-13-22-21(15-29-24)26(18-14-30-32(4)16-18)31-33(22)19-8-10-20(11-9-19)34-23-7-6-12-28-25(23)17(2)3/h6-7,12-17,19-20H,5,8-11H2,1-4H3,(H,27,29). The molecular weight excluding hydrogens is 426 g/mol. The maximum Gasteiger partial charge on any atom is 0.141 e. The predicted octanol–water partition coefficient (Wildman–Crippen LogP) is 5.34. The number of anilines is 1. The summed E-state index contributed by atoms with van der Waals surface area (Å²) < 4.78 is 10.4. The van der Waals surface area contributed by atoms with Crippen molar-refractivity contribution in [3.8, 4) is 17.0 Å². The summed E-state index contributed by atoms with van der Waals surface area (Å²) in [5, 5.41) is 13.8. The lowest BCUT2D eigenvalue weighted by Crippen LogP contribution is -2.26. The molecule has 0 atom stereocenters. The third kappa shape index (κ3) is 4.36. The summed E-state index contributed by atoms with van der Waals surface area (Å²) >= 11 is 0. The highest BCUT2D eigenvalue weighted by atomic mass is 16.5. The van der Waals surface area contributed by atoms with Crippen molar-refractivity contribution in [3.63, 3.8) is 0 Å². The van der Waals surface area contributed by atoms with E-state index >= 15 is 0 Å². The van der Waals surface area contributed by atoms with Gasteiger partial charge in [-0.2, -0.15) is 10.2 Å². The fourth-order valence-electron chi connectivity index (χ4n) is 4.87. The molecule has 0 aliphatic heterocycles. The number of hydrogen-bond acceptors (Lipinski definition) is 6. The molecule has 0 radical (unpaired) electrons. The van der Waals surface area contributed by atoms with Gasteiger partial charge in [-0.15, -0.1) is 0 Å². The number of hydrogen-bond donors (Lipinski definition) is 1. The summed E-state index contributed by atoms with van der Waals surface area (Å²) in [4.78, 5) is 9.15. The van der Waals surface area contributed by atoms with E-state index in [1.807, 2.05) is 48.6 Å². The second-order valence-corrected chi connectivity index (χ2v) is 9.40. The lowest BCUT2D eigenvalue weighted by Gasteiger charge is -2.30. The minimum Gasteiger partial charge on any atom is -0.489 e. The van der Waals surface area contributed by atoms with Crippen LogP contribution in [0, 0.1) is 0 Å². The van der Waals surface area contributed by atoms with E-state index in [0.717, 1.165) is 71.6 Å². The van der Waals surface area contributed by atoms with Crippen LogP contribution in [0.25, 0.3) is 22.2 Å². The van der Waals surface area contributed by atoms with E-state index in [-0.39, 0.29) is 6.10 Å². The Morgan fingerprint density at radius 1 is 1.15 bits per heavy atom. The van der Waals surface area contributed by atoms with E-state index in [4.69, 9.17) is 9.84 Å². The summed E-state index contributed by atoms with van der Waals surface area (Å²) in [6, 6.07) is 6.45. The van der Waals surface area contributed by atoms with E-state index in [1.165, 1.54) is 0 Å². The Balaban J connectivity index is 1.40. The van der Waals surface area contributed by atoms with Crippen LogP contribution in [-0.4, -0.2) is 42.2 Å². The Morgan fingerprint density at radius 2 is 1.97 bits per heavy atom. The zero-order valence-electron chi connectivity index (χ0n) is 20.4. The van der Waals surface area contributed by atoms with Crippen molar-refractivity contribution >= 4 is 16.7 Å². The summed E-state index contributed by atoms with van der Waals surface area (Å²) in [5.41, 5.74) is 4.10. The molecular formula is C26H33N7O. The number of fused-ring (bicyclic) bond motifs is 1. The molecule has 178 valence electrons. The van der Waals surface area contributed by atoms with Gasteiger partial charge in [0, 0.05) is 49.2 Å². The van der Waals surface area contributed by atoms with E-state index in [0.29, 0.717) is 12.0 Å². The Kier molecular flexibility index (Phi) is 6.22. The van der Waals surface area contributed by atoms with Gasteiger partial charge in [0.2, 0.25) is 0 Å². The van der Waals surface area contributed by atoms with Gasteiger partial charge in [-0.3, -0.25) is 14.3 Å². The molecule has 1 fully saturated rings. The van der Waals surface area contributed by atoms with Crippen LogP contribution in [0.1, 0.15) is 64.1 Å². The number of aromatic nitrogens is 6. The number of nitrogens with one attached hydrogen (secondary N) is 1. The molecule has 0 saturated heterocycles. The van der Waals surface area contributed by atoms with Gasteiger partial charge < -0.3 is 10.1 Å². The van der Waals surface area contributed by atoms with Crippen LogP contribution in [0.3, 0.4) is 0 Å². The van der Waals surface area contributed by atoms with Crippen molar-refractivity contribution in [1.82, 2.24) is 29.5 Å². The lowest BCUT2D eigenvalue weighted by molar-refractivity contribution is 0.129. The van der Waals surface area contributed by atoms with Crippen molar-refractivity contribution in [1.29, 1.82) is 0 Å². The van der Waals surface area contributed by atoms with Gasteiger partial charge in [0.05, 0.1) is 29.6 Å². The van der Waals surface area contributed by atoms with Gasteiger partial charge in [0.25, 0.3) is 0 Å². The van der Waals surface area contributed by atoms with Crippen molar-refractivity contribution in [3.05, 3.63) is 48.7 Å². The minimum atomic E-state index is 0.205. The number of ether oxygens (including phenoxy) is 1. The van der Waals surface area contributed by atoms with Crippen molar-refractivity contribution < 1.29 is 4.74 Å². The molecule has 8 nitrogen and oxygen atoms in total. The third-order valence-corrected chi connectivity index (χ3v) is 6.56. The molecule has 34 heavy (non-hydrogen) atoms. The molecule has 0 spiro atoms. The van der Waals surface area contributed by atoms with E-state index < -0.39 is 0 Å². The van der Waals surface area contributed by atoms with Crippen LogP contribution in [0.4, 0.5) is 5.82 Å². The SMILES string of the molecule is CCNc1cc2c(cn1)c(-c1cnn(C)c1)nn2C1CCC(Oc2cccnc2C(C)C)CC1. The molecule has 0 bridgehead atoms. The van der Waals surface area contributed by atoms with Gasteiger partial charge in [-0.1, -0.05) is 13.8 Å². The van der Waals surface area contributed by atoms with Gasteiger partial charge in [0.1, 0.15) is 17.3 Å². The zero-order valence-corrected chi connectivity index (χ0v) is 20.4. The van der Waals surface area contributed by atoms with Gasteiger partial charge >= 0.3 is 0 Å². The first-order valence-electron chi connectivity index (χ1n) is 12.3. The molecule has 4 aromatic heterocycles. The first-order chi connectivity index (χ1) is 16.5. The topological polar surface area (TPSA) is 82.7 Å². The Hall–Kier alpha value is -3.42. The molecule has 4 heterocycles. The fraction of sp³-hybridized carbons (Fsp3) is 0.462. The number of pyridine rings is 2. The summed E-state index contributed by atoms with van der Waals surface area (Å²) in [6.07, 6.45) is 11.9. The van der Waals surface area contributed by atoms with Crippen molar-refractivity contribution in [2.75, 3.05) is 11.9 Å². The quantitative estimate of drug-likeness (QED) is 0.401. The second kappa shape index (κ2) is 9.44. The lowest BCUT2D eigenvalue weighted by atomic mass is 9.92. The molecule has 5 rings (SSSR count). The number of nitrogens with zero attached hydrogens (tertiary/aromatic N) is 6. The highest BCUT2D eigenvalue weighted by Crippen LogP contribution is 2.37. The Labute approximate surface area is 200 Å². The largest absolute Gasteiger partial charge is 0.489 e. The molecule has 1 N–H and O–H groups in total. The fourth-order valence-corrected chi connectivity index (χ4v) is 4.87. The first-order valence-corrected chi connectivity index (χ1v) is 12.3. The molecule has 1 aliphatic rings. The van der Waals surface area contributed by atoms with Gasteiger partial charge in [-0.05, 0) is 50.7 Å². The third-order valence-electron chi connectivity index (χ3n) is 6.56. The predicted molar refractivity (Wildman–Crippen MR) is 134 cm³/mol. The van der Waals surface area contributed by atoms with Gasteiger partial charge in [0.15, 0.2) is 0 Å². The smallest absolute Gasteiger partial charge is 0.141 e. The van der Waals surface area contributed by atoms with Crippen LogP contribution < -0.4 is 10.1 Å². The maximum absolute atomic E-state index is 6.42. The Morgan fingerprint density at radius 3 is 2.68 bits per heavy atom. The molecule has 0 aromatic carbocycles. The van der Waals surface area contributed by atoms with Crippen LogP contribution in [-0.2, 0) is 7.05 Å². The summed E-state index contributed by atoms with van der Waals surface area (Å²) in [5.74, 6) is 2.14. The number of aryl methyl sites for hydroxylation is 1. The van der Waals surface area contributed by atoms with Crippen LogP contribution in [0.15, 0.2) is 43.0 Å². The number of rotatable bonds is 7. The Bertz CT molecular complexity index is 1270. The minimum absolute atomic E-state index is 0.205. The maximum atomic E-state index is 6.42. The van der Waals surface area contributed by atoms with Crippen LogP contribution in [0.5, 0.6) is 5.75 Å². The molecule has 1 aliphatic carbocycles. The highest BCUT2D eigenvalue weighted by Gasteiger charge is 2.27. The van der Waals surface area contributed by atoms with Crippen molar-refractivity contribution in [2.24, 2.45) is 7.05 Å². The molecule has 0 unspecified atom stereocenters. The molecule has 8 heteroatoms. The first kappa shape index (κ1) is 22.4. The monoisotopic (exact) mass is 459 g/mol.